The van der Waals surface area contributed by atoms with Gasteiger partial charge in [-0.2, -0.15) is 0 Å². The fourth-order valence-corrected chi connectivity index (χ4v) is 2.24. The Bertz CT molecular complexity index is 740. The predicted octanol–water partition coefficient (Wildman–Crippen LogP) is -1.08. The van der Waals surface area contributed by atoms with E-state index in [-0.39, 0.29) is 6.61 Å². The Hall–Kier alpha value is -1.97. The summed E-state index contributed by atoms with van der Waals surface area (Å²) in [6, 6.07) is 6.14. The highest BCUT2D eigenvalue weighted by Gasteiger charge is 2.30. The summed E-state index contributed by atoms with van der Waals surface area (Å²) in [5, 5.41) is 47.7. The van der Waals surface area contributed by atoms with Crippen LogP contribution in [0.25, 0.3) is 11.0 Å². The quantitative estimate of drug-likeness (QED) is 0.401. The average Bonchev–Trinajstić information content (AvgIpc) is 2.56. The van der Waals surface area contributed by atoms with Gasteiger partial charge in [-0.1, -0.05) is 0 Å². The van der Waals surface area contributed by atoms with Gasteiger partial charge in [-0.3, -0.25) is 0 Å². The van der Waals surface area contributed by atoms with E-state index in [1.807, 2.05) is 0 Å². The van der Waals surface area contributed by atoms with Gasteiger partial charge in [0.15, 0.2) is 0 Å². The lowest BCUT2D eigenvalue weighted by Gasteiger charge is -2.25. The van der Waals surface area contributed by atoms with Crippen LogP contribution in [0.4, 0.5) is 0 Å². The van der Waals surface area contributed by atoms with Crippen LogP contribution in [0.2, 0.25) is 0 Å². The summed E-state index contributed by atoms with van der Waals surface area (Å²) >= 11 is 0. The predicted molar refractivity (Wildman–Crippen MR) is 83.8 cm³/mol. The van der Waals surface area contributed by atoms with Gasteiger partial charge in [0.2, 0.25) is 0 Å². The van der Waals surface area contributed by atoms with Gasteiger partial charge in [0.25, 0.3) is 0 Å². The number of aliphatic hydroxyl groups is 5. The lowest BCUT2D eigenvalue weighted by molar-refractivity contribution is -0.121. The van der Waals surface area contributed by atoms with Crippen molar-refractivity contribution in [3.8, 4) is 5.75 Å². The second-order valence-electron chi connectivity index (χ2n) is 5.52. The minimum absolute atomic E-state index is 0.291. The summed E-state index contributed by atoms with van der Waals surface area (Å²) in [4.78, 5) is 11.4. The molecule has 0 aliphatic carbocycles. The summed E-state index contributed by atoms with van der Waals surface area (Å²) in [6.07, 6.45) is -6.49. The van der Waals surface area contributed by atoms with Crippen LogP contribution in [0.15, 0.2) is 33.5 Å². The van der Waals surface area contributed by atoms with Gasteiger partial charge in [-0.15, -0.1) is 0 Å². The van der Waals surface area contributed by atoms with E-state index >= 15 is 0 Å². The van der Waals surface area contributed by atoms with Crippen LogP contribution < -0.4 is 10.4 Å². The highest BCUT2D eigenvalue weighted by molar-refractivity contribution is 5.81. The standard InChI is InChI=1S/C16H20O8/c1-8-4-14(20)24-13-5-9(2-3-10(8)13)23-7-12(19)16(22)15(21)11(18)6-17/h2-5,11-12,15-19,21-22H,6-7H2,1H3/t11?,12-,15?,16?/m1/s1. The van der Waals surface area contributed by atoms with Crippen molar-refractivity contribution in [2.24, 2.45) is 0 Å². The summed E-state index contributed by atoms with van der Waals surface area (Å²) < 4.78 is 10.4. The molecular formula is C16H20O8. The van der Waals surface area contributed by atoms with E-state index in [9.17, 15) is 25.2 Å². The fraction of sp³-hybridized carbons (Fsp3) is 0.438. The molecule has 1 heterocycles. The maximum absolute atomic E-state index is 11.4. The molecule has 24 heavy (non-hydrogen) atoms. The monoisotopic (exact) mass is 340 g/mol. The molecule has 0 saturated heterocycles. The van der Waals surface area contributed by atoms with E-state index in [2.05, 4.69) is 0 Å². The first-order chi connectivity index (χ1) is 11.3. The maximum Gasteiger partial charge on any atom is 0.336 e. The molecule has 132 valence electrons. The summed E-state index contributed by atoms with van der Waals surface area (Å²) in [7, 11) is 0. The minimum Gasteiger partial charge on any atom is -0.491 e. The van der Waals surface area contributed by atoms with Crippen molar-refractivity contribution in [2.45, 2.75) is 31.3 Å². The molecule has 0 spiro atoms. The Morgan fingerprint density at radius 1 is 1.08 bits per heavy atom. The molecule has 0 aliphatic heterocycles. The van der Waals surface area contributed by atoms with Crippen molar-refractivity contribution in [1.29, 1.82) is 0 Å². The van der Waals surface area contributed by atoms with Crippen LogP contribution in [-0.2, 0) is 0 Å². The van der Waals surface area contributed by atoms with Crippen LogP contribution in [0.1, 0.15) is 5.56 Å². The molecule has 0 fully saturated rings. The topological polar surface area (TPSA) is 141 Å². The minimum atomic E-state index is -1.72. The Morgan fingerprint density at radius 3 is 2.42 bits per heavy atom. The van der Waals surface area contributed by atoms with Gasteiger partial charge in [0, 0.05) is 17.5 Å². The molecule has 2 aromatic rings. The molecule has 0 aliphatic rings. The van der Waals surface area contributed by atoms with Crippen molar-refractivity contribution in [2.75, 3.05) is 13.2 Å². The molecule has 8 nitrogen and oxygen atoms in total. The molecule has 1 aromatic carbocycles. The Morgan fingerprint density at radius 2 is 1.75 bits per heavy atom. The van der Waals surface area contributed by atoms with E-state index in [0.717, 1.165) is 10.9 Å². The van der Waals surface area contributed by atoms with Crippen molar-refractivity contribution in [1.82, 2.24) is 0 Å². The number of rotatable bonds is 7. The van der Waals surface area contributed by atoms with Crippen molar-refractivity contribution >= 4 is 11.0 Å². The third-order valence-corrected chi connectivity index (χ3v) is 3.67. The SMILES string of the molecule is Cc1cc(=O)oc2cc(OC[C@@H](O)C(O)C(O)C(O)CO)ccc12. The van der Waals surface area contributed by atoms with Crippen LogP contribution >= 0.6 is 0 Å². The van der Waals surface area contributed by atoms with Gasteiger partial charge in [0.05, 0.1) is 6.61 Å². The number of aryl methyl sites for hydroxylation is 1. The summed E-state index contributed by atoms with van der Waals surface area (Å²) in [5.74, 6) is 0.291. The molecule has 0 radical (unpaired) electrons. The zero-order chi connectivity index (χ0) is 17.9. The second kappa shape index (κ2) is 7.73. The Balaban J connectivity index is 2.06. The summed E-state index contributed by atoms with van der Waals surface area (Å²) in [5.41, 5.74) is 0.585. The first-order valence-electron chi connectivity index (χ1n) is 7.34. The van der Waals surface area contributed by atoms with E-state index in [4.69, 9.17) is 14.3 Å². The van der Waals surface area contributed by atoms with Crippen LogP contribution in [0.5, 0.6) is 5.75 Å². The van der Waals surface area contributed by atoms with Gasteiger partial charge in [-0.25, -0.2) is 4.79 Å². The highest BCUT2D eigenvalue weighted by atomic mass is 16.5. The normalized spacial score (nSPS) is 16.6. The molecular weight excluding hydrogens is 320 g/mol. The molecule has 1 aromatic heterocycles. The van der Waals surface area contributed by atoms with Crippen LogP contribution in [0, 0.1) is 6.92 Å². The van der Waals surface area contributed by atoms with Gasteiger partial charge in [-0.05, 0) is 24.6 Å². The highest BCUT2D eigenvalue weighted by Crippen LogP contribution is 2.22. The molecule has 0 bridgehead atoms. The van der Waals surface area contributed by atoms with Gasteiger partial charge in [0.1, 0.15) is 42.4 Å². The fourth-order valence-electron chi connectivity index (χ4n) is 2.24. The molecule has 5 N–H and O–H groups in total. The third kappa shape index (κ3) is 4.11. The lowest BCUT2D eigenvalue weighted by atomic mass is 10.0. The maximum atomic E-state index is 11.4. The third-order valence-electron chi connectivity index (χ3n) is 3.67. The first-order valence-corrected chi connectivity index (χ1v) is 7.34. The number of hydrogen-bond donors (Lipinski definition) is 5. The van der Waals surface area contributed by atoms with E-state index < -0.39 is 36.6 Å². The molecule has 2 rings (SSSR count). The number of benzene rings is 1. The second-order valence-corrected chi connectivity index (χ2v) is 5.52. The Labute approximate surface area is 137 Å². The van der Waals surface area contributed by atoms with E-state index in [1.54, 1.807) is 19.1 Å². The van der Waals surface area contributed by atoms with Crippen molar-refractivity contribution in [3.05, 3.63) is 40.2 Å². The van der Waals surface area contributed by atoms with Crippen LogP contribution in [0.3, 0.4) is 0 Å². The number of hydrogen-bond acceptors (Lipinski definition) is 8. The van der Waals surface area contributed by atoms with E-state index in [0.29, 0.717) is 11.3 Å². The van der Waals surface area contributed by atoms with Gasteiger partial charge >= 0.3 is 5.63 Å². The first kappa shape index (κ1) is 18.4. The largest absolute Gasteiger partial charge is 0.491 e. The molecule has 3 unspecified atom stereocenters. The van der Waals surface area contributed by atoms with Crippen molar-refractivity contribution in [3.63, 3.8) is 0 Å². The molecule has 0 saturated carbocycles. The van der Waals surface area contributed by atoms with Gasteiger partial charge < -0.3 is 34.7 Å². The summed E-state index contributed by atoms with van der Waals surface area (Å²) in [6.45, 7) is 0.639. The number of ether oxygens (including phenoxy) is 1. The zero-order valence-electron chi connectivity index (χ0n) is 13.0. The average molecular weight is 340 g/mol. The smallest absolute Gasteiger partial charge is 0.336 e. The molecule has 0 amide bonds. The van der Waals surface area contributed by atoms with E-state index in [1.165, 1.54) is 12.1 Å². The number of fused-ring (bicyclic) bond motifs is 1. The lowest BCUT2D eigenvalue weighted by Crippen LogP contribution is -2.47. The number of aliphatic hydroxyl groups excluding tert-OH is 5. The van der Waals surface area contributed by atoms with Crippen LogP contribution in [-0.4, -0.2) is 63.2 Å². The zero-order valence-corrected chi connectivity index (χ0v) is 13.0. The Kier molecular flexibility index (Phi) is 5.92. The molecule has 8 heteroatoms. The molecule has 4 atom stereocenters. The van der Waals surface area contributed by atoms with Crippen molar-refractivity contribution < 1.29 is 34.7 Å².